The zero-order valence-electron chi connectivity index (χ0n) is 11.3. The van der Waals surface area contributed by atoms with Gasteiger partial charge in [0.05, 0.1) is 0 Å². The van der Waals surface area contributed by atoms with Crippen LogP contribution in [0.4, 0.5) is 0 Å². The van der Waals surface area contributed by atoms with E-state index in [9.17, 15) is 0 Å². The fraction of sp³-hybridized carbons (Fsp3) is 1.00. The van der Waals surface area contributed by atoms with E-state index in [-0.39, 0.29) is 0 Å². The largest absolute Gasteiger partial charge is 0.0654 e. The highest BCUT2D eigenvalue weighted by Gasteiger charge is 2.35. The average molecular weight is 210 g/mol. The molecule has 90 valence electrons. The van der Waals surface area contributed by atoms with Crippen molar-refractivity contribution in [3.63, 3.8) is 0 Å². The second-order valence-corrected chi connectivity index (χ2v) is 5.58. The van der Waals surface area contributed by atoms with Crippen molar-refractivity contribution in [2.45, 2.75) is 72.6 Å². The predicted octanol–water partition coefficient (Wildman–Crippen LogP) is 5.28. The molecule has 0 nitrogen and oxygen atoms in total. The van der Waals surface area contributed by atoms with Crippen LogP contribution in [0.5, 0.6) is 0 Å². The first-order valence-corrected chi connectivity index (χ1v) is 7.24. The standard InChI is InChI=1S/C15H30/c1-5-8-9-13(6-2)12(4)15-11-10-14(15)7-3/h12-15H,5-11H2,1-4H3. The highest BCUT2D eigenvalue weighted by Crippen LogP contribution is 2.45. The maximum absolute atomic E-state index is 2.52. The summed E-state index contributed by atoms with van der Waals surface area (Å²) >= 11 is 0. The summed E-state index contributed by atoms with van der Waals surface area (Å²) in [5.74, 6) is 4.12. The van der Waals surface area contributed by atoms with Crippen LogP contribution >= 0.6 is 0 Å². The van der Waals surface area contributed by atoms with E-state index in [1.54, 1.807) is 0 Å². The molecule has 0 heteroatoms. The van der Waals surface area contributed by atoms with Crippen molar-refractivity contribution >= 4 is 0 Å². The van der Waals surface area contributed by atoms with Gasteiger partial charge in [-0.1, -0.05) is 59.8 Å². The zero-order chi connectivity index (χ0) is 11.3. The first-order chi connectivity index (χ1) is 7.24. The van der Waals surface area contributed by atoms with Gasteiger partial charge >= 0.3 is 0 Å². The van der Waals surface area contributed by atoms with Crippen molar-refractivity contribution in [3.05, 3.63) is 0 Å². The van der Waals surface area contributed by atoms with E-state index in [4.69, 9.17) is 0 Å². The minimum absolute atomic E-state index is 0.986. The Morgan fingerprint density at radius 2 is 1.87 bits per heavy atom. The molecule has 0 bridgehead atoms. The normalized spacial score (nSPS) is 29.6. The summed E-state index contributed by atoms with van der Waals surface area (Å²) in [6.45, 7) is 9.60. The summed E-state index contributed by atoms with van der Waals surface area (Å²) in [5, 5.41) is 0. The summed E-state index contributed by atoms with van der Waals surface area (Å²) in [6.07, 6.45) is 10.1. The van der Waals surface area contributed by atoms with E-state index in [0.29, 0.717) is 0 Å². The van der Waals surface area contributed by atoms with Crippen LogP contribution in [0, 0.1) is 23.7 Å². The highest BCUT2D eigenvalue weighted by atomic mass is 14.4. The van der Waals surface area contributed by atoms with Gasteiger partial charge in [0, 0.05) is 0 Å². The van der Waals surface area contributed by atoms with Gasteiger partial charge in [0.15, 0.2) is 0 Å². The van der Waals surface area contributed by atoms with Gasteiger partial charge in [-0.05, 0) is 36.5 Å². The third-order valence-electron chi connectivity index (χ3n) is 4.87. The Kier molecular flexibility index (Phi) is 5.71. The van der Waals surface area contributed by atoms with Crippen molar-refractivity contribution in [1.82, 2.24) is 0 Å². The van der Waals surface area contributed by atoms with E-state index in [2.05, 4.69) is 27.7 Å². The topological polar surface area (TPSA) is 0 Å². The first kappa shape index (κ1) is 13.1. The Labute approximate surface area is 96.8 Å². The Morgan fingerprint density at radius 3 is 2.27 bits per heavy atom. The first-order valence-electron chi connectivity index (χ1n) is 7.24. The van der Waals surface area contributed by atoms with Gasteiger partial charge < -0.3 is 0 Å². The molecular weight excluding hydrogens is 180 g/mol. The third kappa shape index (κ3) is 3.23. The lowest BCUT2D eigenvalue weighted by Crippen LogP contribution is -2.34. The quantitative estimate of drug-likeness (QED) is 0.536. The molecule has 4 atom stereocenters. The monoisotopic (exact) mass is 210 g/mol. The van der Waals surface area contributed by atoms with Crippen LogP contribution in [-0.2, 0) is 0 Å². The SMILES string of the molecule is CCCCC(CC)C(C)C1CCC1CC. The van der Waals surface area contributed by atoms with Gasteiger partial charge in [0.2, 0.25) is 0 Å². The van der Waals surface area contributed by atoms with Crippen molar-refractivity contribution in [3.8, 4) is 0 Å². The predicted molar refractivity (Wildman–Crippen MR) is 69.0 cm³/mol. The molecule has 0 saturated heterocycles. The molecule has 1 aliphatic rings. The number of rotatable bonds is 7. The minimum Gasteiger partial charge on any atom is -0.0654 e. The van der Waals surface area contributed by atoms with Crippen molar-refractivity contribution in [1.29, 1.82) is 0 Å². The van der Waals surface area contributed by atoms with Crippen molar-refractivity contribution < 1.29 is 0 Å². The summed E-state index contributed by atoms with van der Waals surface area (Å²) in [7, 11) is 0. The minimum atomic E-state index is 0.986. The fourth-order valence-corrected chi connectivity index (χ4v) is 3.45. The van der Waals surface area contributed by atoms with Crippen molar-refractivity contribution in [2.75, 3.05) is 0 Å². The van der Waals surface area contributed by atoms with Gasteiger partial charge in [0.1, 0.15) is 0 Å². The molecule has 0 spiro atoms. The zero-order valence-corrected chi connectivity index (χ0v) is 11.3. The van der Waals surface area contributed by atoms with Crippen LogP contribution in [-0.4, -0.2) is 0 Å². The van der Waals surface area contributed by atoms with Gasteiger partial charge in [-0.15, -0.1) is 0 Å². The van der Waals surface area contributed by atoms with Crippen molar-refractivity contribution in [2.24, 2.45) is 23.7 Å². The molecule has 1 saturated carbocycles. The van der Waals surface area contributed by atoms with E-state index >= 15 is 0 Å². The maximum atomic E-state index is 2.52. The van der Waals surface area contributed by atoms with E-state index in [1.165, 1.54) is 44.9 Å². The lowest BCUT2D eigenvalue weighted by atomic mass is 9.62. The smallest absolute Gasteiger partial charge is 0.0357 e. The summed E-state index contributed by atoms with van der Waals surface area (Å²) in [4.78, 5) is 0. The van der Waals surface area contributed by atoms with Crippen LogP contribution in [0.2, 0.25) is 0 Å². The van der Waals surface area contributed by atoms with Crippen LogP contribution < -0.4 is 0 Å². The second kappa shape index (κ2) is 6.55. The molecule has 0 aromatic heterocycles. The van der Waals surface area contributed by atoms with Crippen LogP contribution in [0.1, 0.15) is 72.6 Å². The third-order valence-corrected chi connectivity index (χ3v) is 4.87. The van der Waals surface area contributed by atoms with Gasteiger partial charge in [-0.2, -0.15) is 0 Å². The molecule has 1 aliphatic carbocycles. The van der Waals surface area contributed by atoms with E-state index in [0.717, 1.165) is 23.7 Å². The number of hydrogen-bond donors (Lipinski definition) is 0. The van der Waals surface area contributed by atoms with Gasteiger partial charge in [0.25, 0.3) is 0 Å². The molecule has 0 N–H and O–H groups in total. The summed E-state index contributed by atoms with van der Waals surface area (Å²) < 4.78 is 0. The number of hydrogen-bond acceptors (Lipinski definition) is 0. The maximum Gasteiger partial charge on any atom is -0.0357 e. The van der Waals surface area contributed by atoms with Gasteiger partial charge in [-0.3, -0.25) is 0 Å². The molecule has 4 unspecified atom stereocenters. The Bertz CT molecular complexity index is 159. The molecule has 0 aromatic carbocycles. The lowest BCUT2D eigenvalue weighted by Gasteiger charge is -2.43. The average Bonchev–Trinajstić information content (AvgIpc) is 2.18. The molecule has 15 heavy (non-hydrogen) atoms. The van der Waals surface area contributed by atoms with E-state index < -0.39 is 0 Å². The Hall–Kier alpha value is 0. The number of unbranched alkanes of at least 4 members (excludes halogenated alkanes) is 1. The fourth-order valence-electron chi connectivity index (χ4n) is 3.45. The Balaban J connectivity index is 2.38. The molecular formula is C15H30. The molecule has 0 aromatic rings. The Morgan fingerprint density at radius 1 is 1.13 bits per heavy atom. The summed E-state index contributed by atoms with van der Waals surface area (Å²) in [6, 6.07) is 0. The van der Waals surface area contributed by atoms with E-state index in [1.807, 2.05) is 0 Å². The summed E-state index contributed by atoms with van der Waals surface area (Å²) in [5.41, 5.74) is 0. The molecule has 0 radical (unpaired) electrons. The highest BCUT2D eigenvalue weighted by molar-refractivity contribution is 4.86. The van der Waals surface area contributed by atoms with Crippen LogP contribution in [0.15, 0.2) is 0 Å². The molecule has 0 amide bonds. The molecule has 0 aliphatic heterocycles. The molecule has 0 heterocycles. The lowest BCUT2D eigenvalue weighted by molar-refractivity contribution is 0.0685. The van der Waals surface area contributed by atoms with Gasteiger partial charge in [-0.25, -0.2) is 0 Å². The van der Waals surface area contributed by atoms with Crippen LogP contribution in [0.25, 0.3) is 0 Å². The molecule has 1 rings (SSSR count). The molecule has 1 fully saturated rings. The second-order valence-electron chi connectivity index (χ2n) is 5.58. The van der Waals surface area contributed by atoms with Crippen LogP contribution in [0.3, 0.4) is 0 Å².